The van der Waals surface area contributed by atoms with Crippen molar-refractivity contribution in [2.75, 3.05) is 30.0 Å². The van der Waals surface area contributed by atoms with Crippen molar-refractivity contribution in [3.8, 4) is 17.9 Å². The minimum atomic E-state index is -0.162. The first-order valence-electron chi connectivity index (χ1n) is 9.07. The molecule has 0 spiro atoms. The molecule has 2 aromatic carbocycles. The fourth-order valence-corrected chi connectivity index (χ4v) is 4.48. The lowest BCUT2D eigenvalue weighted by Gasteiger charge is -2.22. The van der Waals surface area contributed by atoms with Crippen LogP contribution in [-0.2, 0) is 4.74 Å². The summed E-state index contributed by atoms with van der Waals surface area (Å²) in [5, 5.41) is 12.7. The molecule has 2 aliphatic rings. The molecule has 0 radical (unpaired) electrons. The lowest BCUT2D eigenvalue weighted by molar-refractivity contribution is 0.0987. The highest BCUT2D eigenvalue weighted by Gasteiger charge is 2.30. The number of rotatable bonds is 3. The summed E-state index contributed by atoms with van der Waals surface area (Å²) in [6, 6.07) is 15.8. The van der Waals surface area contributed by atoms with Crippen molar-refractivity contribution in [2.24, 2.45) is 5.92 Å². The van der Waals surface area contributed by atoms with Crippen LogP contribution in [0.1, 0.15) is 17.3 Å². The Morgan fingerprint density at radius 1 is 1.25 bits per heavy atom. The van der Waals surface area contributed by atoms with Crippen molar-refractivity contribution in [3.05, 3.63) is 48.0 Å². The first-order chi connectivity index (χ1) is 13.7. The lowest BCUT2D eigenvalue weighted by Crippen LogP contribution is -2.31. The number of ether oxygens (including phenoxy) is 1. The zero-order valence-corrected chi connectivity index (χ0v) is 16.3. The Labute approximate surface area is 168 Å². The normalized spacial score (nSPS) is 20.3. The number of fused-ring (bicyclic) bond motifs is 2. The maximum Gasteiger partial charge on any atom is 0.260 e. The number of hydrogen-bond acceptors (Lipinski definition) is 5. The zero-order chi connectivity index (χ0) is 19.5. The number of benzene rings is 2. The van der Waals surface area contributed by atoms with Gasteiger partial charge in [-0.2, -0.15) is 5.26 Å². The molecule has 5 nitrogen and oxygen atoms in total. The van der Waals surface area contributed by atoms with Crippen LogP contribution in [0, 0.1) is 29.1 Å². The summed E-state index contributed by atoms with van der Waals surface area (Å²) in [7, 11) is 0. The van der Waals surface area contributed by atoms with Gasteiger partial charge in [-0.05, 0) is 37.3 Å². The van der Waals surface area contributed by atoms with Crippen LogP contribution in [0.3, 0.4) is 0 Å². The van der Waals surface area contributed by atoms with Crippen molar-refractivity contribution >= 4 is 29.0 Å². The van der Waals surface area contributed by atoms with Gasteiger partial charge in [0, 0.05) is 15.5 Å². The summed E-state index contributed by atoms with van der Waals surface area (Å²) in [5.41, 5.74) is 2.44. The highest BCUT2D eigenvalue weighted by Crippen LogP contribution is 2.42. The van der Waals surface area contributed by atoms with E-state index in [9.17, 15) is 10.1 Å². The molecule has 0 aliphatic carbocycles. The molecule has 28 heavy (non-hydrogen) atoms. The molecule has 1 fully saturated rings. The average Bonchev–Trinajstić information content (AvgIpc) is 3.12. The molecule has 2 atom stereocenters. The highest BCUT2D eigenvalue weighted by atomic mass is 32.2. The van der Waals surface area contributed by atoms with Gasteiger partial charge in [0.25, 0.3) is 5.91 Å². The summed E-state index contributed by atoms with van der Waals surface area (Å²) < 4.78 is 5.43. The van der Waals surface area contributed by atoms with E-state index in [4.69, 9.17) is 4.74 Å². The van der Waals surface area contributed by atoms with Crippen LogP contribution in [0.25, 0.3) is 0 Å². The summed E-state index contributed by atoms with van der Waals surface area (Å²) in [6.45, 7) is 3.09. The Hall–Kier alpha value is -2.93. The molecule has 0 aromatic heterocycles. The van der Waals surface area contributed by atoms with Crippen LogP contribution in [0.15, 0.2) is 52.3 Å². The van der Waals surface area contributed by atoms with E-state index in [2.05, 4.69) is 23.2 Å². The van der Waals surface area contributed by atoms with Gasteiger partial charge in [0.1, 0.15) is 0 Å². The second kappa shape index (κ2) is 7.98. The summed E-state index contributed by atoms with van der Waals surface area (Å²) in [4.78, 5) is 16.8. The summed E-state index contributed by atoms with van der Waals surface area (Å²) in [6.07, 6.45) is 0. The highest BCUT2D eigenvalue weighted by molar-refractivity contribution is 7.99. The average molecular weight is 389 g/mol. The minimum absolute atomic E-state index is 0.0326. The molecule has 1 amide bonds. The van der Waals surface area contributed by atoms with Crippen LogP contribution in [-0.4, -0.2) is 31.7 Å². The topological polar surface area (TPSA) is 65.4 Å². The van der Waals surface area contributed by atoms with E-state index < -0.39 is 0 Å². The first kappa shape index (κ1) is 18.4. The summed E-state index contributed by atoms with van der Waals surface area (Å²) in [5.74, 6) is 5.68. The molecule has 140 valence electrons. The first-order valence-corrected chi connectivity index (χ1v) is 9.89. The van der Waals surface area contributed by atoms with Gasteiger partial charge in [-0.1, -0.05) is 29.8 Å². The van der Waals surface area contributed by atoms with Crippen LogP contribution >= 0.6 is 11.8 Å². The van der Waals surface area contributed by atoms with Gasteiger partial charge in [-0.3, -0.25) is 9.69 Å². The smallest absolute Gasteiger partial charge is 0.260 e. The van der Waals surface area contributed by atoms with E-state index in [1.807, 2.05) is 42.5 Å². The van der Waals surface area contributed by atoms with E-state index in [1.54, 1.807) is 23.6 Å². The number of nitriles is 1. The Morgan fingerprint density at radius 3 is 2.93 bits per heavy atom. The third-order valence-electron chi connectivity index (χ3n) is 4.85. The molecule has 0 saturated carbocycles. The van der Waals surface area contributed by atoms with Crippen LogP contribution in [0.2, 0.25) is 0 Å². The van der Waals surface area contributed by atoms with Gasteiger partial charge in [0.15, 0.2) is 0 Å². The van der Waals surface area contributed by atoms with Gasteiger partial charge in [-0.25, -0.2) is 0 Å². The predicted octanol–water partition coefficient (Wildman–Crippen LogP) is 3.77. The molecule has 2 heterocycles. The van der Waals surface area contributed by atoms with E-state index in [0.717, 1.165) is 21.2 Å². The number of nitrogens with one attached hydrogen (secondary N) is 1. The largest absolute Gasteiger partial charge is 0.379 e. The second-order valence-electron chi connectivity index (χ2n) is 6.62. The van der Waals surface area contributed by atoms with Crippen LogP contribution < -0.4 is 10.2 Å². The van der Waals surface area contributed by atoms with Gasteiger partial charge < -0.3 is 10.1 Å². The molecule has 2 aliphatic heterocycles. The van der Waals surface area contributed by atoms with Crippen molar-refractivity contribution in [1.82, 2.24) is 0 Å². The number of hydrogen-bond donors (Lipinski definition) is 1. The quantitative estimate of drug-likeness (QED) is 0.810. The number of amides is 1. The Bertz CT molecular complexity index is 1020. The predicted molar refractivity (Wildman–Crippen MR) is 109 cm³/mol. The van der Waals surface area contributed by atoms with Crippen molar-refractivity contribution in [3.63, 3.8) is 0 Å². The van der Waals surface area contributed by atoms with Gasteiger partial charge >= 0.3 is 0 Å². The fourth-order valence-electron chi connectivity index (χ4n) is 3.37. The number of nitrogens with zero attached hydrogens (tertiary/aromatic N) is 2. The van der Waals surface area contributed by atoms with Crippen LogP contribution in [0.4, 0.5) is 11.4 Å². The summed E-state index contributed by atoms with van der Waals surface area (Å²) >= 11 is 1.58. The Morgan fingerprint density at radius 2 is 2.11 bits per heavy atom. The molecule has 2 aromatic rings. The number of carbonyl (C=O) groups excluding carboxylic acids is 1. The number of carbonyl (C=O) groups is 1. The van der Waals surface area contributed by atoms with E-state index >= 15 is 0 Å². The SMILES string of the molecule is CC#CCN1C(=O)c2ccccc2Sc2cc(NC3COCC3C#N)ccc21. The van der Waals surface area contributed by atoms with Crippen molar-refractivity contribution in [1.29, 1.82) is 5.26 Å². The van der Waals surface area contributed by atoms with Crippen LogP contribution in [0.5, 0.6) is 0 Å². The maximum absolute atomic E-state index is 13.1. The second-order valence-corrected chi connectivity index (χ2v) is 7.71. The van der Waals surface area contributed by atoms with E-state index in [1.165, 1.54) is 0 Å². The standard InChI is InChI=1S/C22H19N3O2S/c1-2-3-10-25-19-9-8-16(24-18-14-27-13-15(18)12-23)11-21(19)28-20-7-5-4-6-17(20)22(25)26/h4-9,11,15,18,24H,10,13-14H2,1H3. The van der Waals surface area contributed by atoms with Crippen molar-refractivity contribution < 1.29 is 9.53 Å². The van der Waals surface area contributed by atoms with E-state index in [-0.39, 0.29) is 17.9 Å². The Balaban J connectivity index is 1.72. The maximum atomic E-state index is 13.1. The molecular weight excluding hydrogens is 370 g/mol. The Kier molecular flexibility index (Phi) is 5.25. The molecule has 2 unspecified atom stereocenters. The van der Waals surface area contributed by atoms with E-state index in [0.29, 0.717) is 25.3 Å². The molecule has 6 heteroatoms. The van der Waals surface area contributed by atoms with Gasteiger partial charge in [0.2, 0.25) is 0 Å². The zero-order valence-electron chi connectivity index (χ0n) is 15.4. The minimum Gasteiger partial charge on any atom is -0.379 e. The molecular formula is C22H19N3O2S. The fraction of sp³-hybridized carbons (Fsp3) is 0.273. The lowest BCUT2D eigenvalue weighted by atomic mass is 10.1. The van der Waals surface area contributed by atoms with Crippen molar-refractivity contribution in [2.45, 2.75) is 22.8 Å². The molecule has 0 bridgehead atoms. The number of anilines is 2. The van der Waals surface area contributed by atoms with Gasteiger partial charge in [-0.15, -0.1) is 5.92 Å². The molecule has 1 saturated heterocycles. The molecule has 4 rings (SSSR count). The monoisotopic (exact) mass is 389 g/mol. The van der Waals surface area contributed by atoms with Gasteiger partial charge in [0.05, 0.1) is 49.0 Å². The third kappa shape index (κ3) is 3.45. The molecule has 1 N–H and O–H groups in total. The third-order valence-corrected chi connectivity index (χ3v) is 5.97.